The second-order valence-electron chi connectivity index (χ2n) is 6.59. The van der Waals surface area contributed by atoms with Crippen LogP contribution in [0.2, 0.25) is 0 Å². The van der Waals surface area contributed by atoms with Crippen molar-refractivity contribution in [1.82, 2.24) is 9.88 Å². The van der Waals surface area contributed by atoms with Crippen LogP contribution in [0.15, 0.2) is 30.5 Å². The molecule has 2 aliphatic rings. The van der Waals surface area contributed by atoms with E-state index in [0.29, 0.717) is 11.1 Å². The number of ether oxygens (including phenoxy) is 1. The van der Waals surface area contributed by atoms with Crippen molar-refractivity contribution < 1.29 is 17.9 Å². The van der Waals surface area contributed by atoms with Crippen molar-refractivity contribution in [3.63, 3.8) is 0 Å². The van der Waals surface area contributed by atoms with Crippen molar-refractivity contribution >= 4 is 10.9 Å². The average Bonchev–Trinajstić information content (AvgIpc) is 3.39. The van der Waals surface area contributed by atoms with E-state index in [4.69, 9.17) is 4.74 Å². The molecule has 0 atom stereocenters. The van der Waals surface area contributed by atoms with Gasteiger partial charge in [0, 0.05) is 30.7 Å². The monoisotopic (exact) mass is 336 g/mol. The number of pyridine rings is 1. The first kappa shape index (κ1) is 15.7. The normalized spacial score (nSPS) is 20.5. The number of likely N-dealkylation sites (tertiary alicyclic amines) is 1. The summed E-state index contributed by atoms with van der Waals surface area (Å²) in [5.41, 5.74) is -0.757. The van der Waals surface area contributed by atoms with Crippen LogP contribution in [-0.4, -0.2) is 35.1 Å². The van der Waals surface area contributed by atoms with Crippen LogP contribution in [0.3, 0.4) is 0 Å². The molecule has 1 aliphatic carbocycles. The Labute approximate surface area is 138 Å². The third kappa shape index (κ3) is 3.07. The van der Waals surface area contributed by atoms with Crippen LogP contribution in [0.4, 0.5) is 13.2 Å². The quantitative estimate of drug-likeness (QED) is 0.837. The zero-order chi connectivity index (χ0) is 16.7. The summed E-state index contributed by atoms with van der Waals surface area (Å²) < 4.78 is 45.5. The summed E-state index contributed by atoms with van der Waals surface area (Å²) in [7, 11) is 0. The van der Waals surface area contributed by atoms with E-state index in [1.165, 1.54) is 25.1 Å². The molecule has 1 aliphatic heterocycles. The fraction of sp³-hybridized carbons (Fsp3) is 0.500. The SMILES string of the molecule is FC(F)(F)c1cccc2c(OC3CCN(C4CC4)CC3)ccnc12. The van der Waals surface area contributed by atoms with E-state index >= 15 is 0 Å². The van der Waals surface area contributed by atoms with Gasteiger partial charge in [-0.05, 0) is 43.9 Å². The summed E-state index contributed by atoms with van der Waals surface area (Å²) in [6, 6.07) is 6.53. The number of halogens is 3. The fourth-order valence-corrected chi connectivity index (χ4v) is 3.46. The topological polar surface area (TPSA) is 25.4 Å². The van der Waals surface area contributed by atoms with E-state index in [2.05, 4.69) is 9.88 Å². The van der Waals surface area contributed by atoms with E-state index in [1.54, 1.807) is 12.1 Å². The molecule has 1 saturated heterocycles. The van der Waals surface area contributed by atoms with Gasteiger partial charge in [-0.2, -0.15) is 13.2 Å². The fourth-order valence-electron chi connectivity index (χ4n) is 3.46. The lowest BCUT2D eigenvalue weighted by Crippen LogP contribution is -2.39. The maximum absolute atomic E-state index is 13.1. The molecule has 0 radical (unpaired) electrons. The lowest BCUT2D eigenvalue weighted by molar-refractivity contribution is -0.136. The standard InChI is InChI=1S/C18H19F3N2O/c19-18(20,21)15-3-1-2-14-16(6-9-22-17(14)15)24-13-7-10-23(11-8-13)12-4-5-12/h1-3,6,9,12-13H,4-5,7-8,10-11H2. The number of benzene rings is 1. The Kier molecular flexibility index (Phi) is 3.87. The van der Waals surface area contributed by atoms with Crippen molar-refractivity contribution in [2.45, 2.75) is 44.0 Å². The maximum Gasteiger partial charge on any atom is 0.418 e. The first-order valence-corrected chi connectivity index (χ1v) is 8.38. The highest BCUT2D eigenvalue weighted by Crippen LogP contribution is 2.37. The molecule has 24 heavy (non-hydrogen) atoms. The van der Waals surface area contributed by atoms with Crippen LogP contribution in [-0.2, 0) is 6.18 Å². The molecule has 1 aromatic heterocycles. The van der Waals surface area contributed by atoms with Crippen LogP contribution in [0, 0.1) is 0 Å². The molecule has 2 aromatic rings. The van der Waals surface area contributed by atoms with E-state index in [9.17, 15) is 13.2 Å². The minimum Gasteiger partial charge on any atom is -0.490 e. The molecule has 0 bridgehead atoms. The molecule has 1 aromatic carbocycles. The molecule has 2 heterocycles. The molecule has 0 N–H and O–H groups in total. The van der Waals surface area contributed by atoms with Gasteiger partial charge in [0.25, 0.3) is 0 Å². The Bertz CT molecular complexity index is 735. The van der Waals surface area contributed by atoms with Crippen LogP contribution < -0.4 is 4.74 Å². The molecule has 0 spiro atoms. The summed E-state index contributed by atoms with van der Waals surface area (Å²) in [6.45, 7) is 2.01. The van der Waals surface area contributed by atoms with Crippen molar-refractivity contribution in [3.05, 3.63) is 36.0 Å². The van der Waals surface area contributed by atoms with Gasteiger partial charge < -0.3 is 9.64 Å². The Morgan fingerprint density at radius 2 is 1.79 bits per heavy atom. The highest BCUT2D eigenvalue weighted by atomic mass is 19.4. The van der Waals surface area contributed by atoms with Crippen LogP contribution in [0.25, 0.3) is 10.9 Å². The number of para-hydroxylation sites is 1. The Morgan fingerprint density at radius 3 is 2.46 bits per heavy atom. The number of aromatic nitrogens is 1. The zero-order valence-corrected chi connectivity index (χ0v) is 13.2. The largest absolute Gasteiger partial charge is 0.490 e. The van der Waals surface area contributed by atoms with Gasteiger partial charge in [0.2, 0.25) is 0 Å². The Morgan fingerprint density at radius 1 is 1.04 bits per heavy atom. The molecule has 6 heteroatoms. The summed E-state index contributed by atoms with van der Waals surface area (Å²) >= 11 is 0. The van der Waals surface area contributed by atoms with Gasteiger partial charge in [0.1, 0.15) is 11.9 Å². The van der Waals surface area contributed by atoms with Gasteiger partial charge in [0.15, 0.2) is 0 Å². The summed E-state index contributed by atoms with van der Waals surface area (Å²) in [6.07, 6.45) is 1.45. The molecule has 128 valence electrons. The van der Waals surface area contributed by atoms with Crippen LogP contribution in [0.5, 0.6) is 5.75 Å². The third-order valence-corrected chi connectivity index (χ3v) is 4.87. The molecule has 0 unspecified atom stereocenters. The molecular weight excluding hydrogens is 317 g/mol. The van der Waals surface area contributed by atoms with Crippen molar-refractivity contribution in [3.8, 4) is 5.75 Å². The number of piperidine rings is 1. The predicted octanol–water partition coefficient (Wildman–Crippen LogP) is 4.26. The first-order chi connectivity index (χ1) is 11.5. The second-order valence-corrected chi connectivity index (χ2v) is 6.59. The minimum absolute atomic E-state index is 0.0436. The maximum atomic E-state index is 13.1. The number of fused-ring (bicyclic) bond motifs is 1. The summed E-state index contributed by atoms with van der Waals surface area (Å²) in [4.78, 5) is 6.43. The smallest absolute Gasteiger partial charge is 0.418 e. The zero-order valence-electron chi connectivity index (χ0n) is 13.2. The number of hydrogen-bond donors (Lipinski definition) is 0. The van der Waals surface area contributed by atoms with Gasteiger partial charge in [0.05, 0.1) is 11.1 Å². The van der Waals surface area contributed by atoms with Crippen LogP contribution in [0.1, 0.15) is 31.2 Å². The van der Waals surface area contributed by atoms with E-state index in [-0.39, 0.29) is 11.6 Å². The van der Waals surface area contributed by atoms with E-state index < -0.39 is 11.7 Å². The lowest BCUT2D eigenvalue weighted by Gasteiger charge is -2.32. The molecule has 4 rings (SSSR count). The minimum atomic E-state index is -4.42. The number of hydrogen-bond acceptors (Lipinski definition) is 3. The number of rotatable bonds is 3. The number of nitrogens with zero attached hydrogens (tertiary/aromatic N) is 2. The summed E-state index contributed by atoms with van der Waals surface area (Å²) in [5, 5.41) is 0.428. The van der Waals surface area contributed by atoms with Crippen molar-refractivity contribution in [2.24, 2.45) is 0 Å². The van der Waals surface area contributed by atoms with E-state index in [0.717, 1.165) is 38.0 Å². The third-order valence-electron chi connectivity index (χ3n) is 4.87. The Balaban J connectivity index is 1.56. The lowest BCUT2D eigenvalue weighted by atomic mass is 10.1. The van der Waals surface area contributed by atoms with Gasteiger partial charge in [-0.25, -0.2) is 0 Å². The molecule has 2 fully saturated rings. The highest BCUT2D eigenvalue weighted by Gasteiger charge is 2.34. The predicted molar refractivity (Wildman–Crippen MR) is 85.0 cm³/mol. The van der Waals surface area contributed by atoms with Crippen molar-refractivity contribution in [2.75, 3.05) is 13.1 Å². The second kappa shape index (κ2) is 5.92. The highest BCUT2D eigenvalue weighted by molar-refractivity contribution is 5.87. The van der Waals surface area contributed by atoms with Gasteiger partial charge in [-0.15, -0.1) is 0 Å². The van der Waals surface area contributed by atoms with E-state index in [1.807, 2.05) is 0 Å². The van der Waals surface area contributed by atoms with Crippen LogP contribution >= 0.6 is 0 Å². The van der Waals surface area contributed by atoms with Gasteiger partial charge in [-0.1, -0.05) is 6.07 Å². The van der Waals surface area contributed by atoms with Crippen molar-refractivity contribution in [1.29, 1.82) is 0 Å². The average molecular weight is 336 g/mol. The van der Waals surface area contributed by atoms with Gasteiger partial charge >= 0.3 is 6.18 Å². The summed E-state index contributed by atoms with van der Waals surface area (Å²) in [5.74, 6) is 0.496. The first-order valence-electron chi connectivity index (χ1n) is 8.38. The molecule has 1 saturated carbocycles. The molecule has 0 amide bonds. The Hall–Kier alpha value is -1.82. The molecular formula is C18H19F3N2O. The molecule has 3 nitrogen and oxygen atoms in total. The number of alkyl halides is 3. The van der Waals surface area contributed by atoms with Gasteiger partial charge in [-0.3, -0.25) is 4.98 Å².